The first kappa shape index (κ1) is 14.6. The van der Waals surface area contributed by atoms with E-state index in [9.17, 15) is 4.79 Å². The van der Waals surface area contributed by atoms with Crippen molar-refractivity contribution in [1.29, 1.82) is 0 Å². The summed E-state index contributed by atoms with van der Waals surface area (Å²) in [5.41, 5.74) is 0.851. The molecule has 3 nitrogen and oxygen atoms in total. The number of hydrogen-bond acceptors (Lipinski definition) is 3. The first-order chi connectivity index (χ1) is 9.79. The Hall–Kier alpha value is -1.78. The maximum atomic E-state index is 11.8. The Bertz CT molecular complexity index is 557. The summed E-state index contributed by atoms with van der Waals surface area (Å²) in [6.07, 6.45) is 0. The first-order valence-corrected chi connectivity index (χ1v) is 7.43. The molecule has 2 aromatic carbocycles. The topological polar surface area (TPSA) is 41.1 Å². The second-order valence-electron chi connectivity index (χ2n) is 4.24. The van der Waals surface area contributed by atoms with Crippen molar-refractivity contribution in [3.8, 4) is 0 Å². The van der Waals surface area contributed by atoms with Crippen LogP contribution in [0.4, 0.5) is 5.69 Å². The van der Waals surface area contributed by atoms with E-state index in [0.717, 1.165) is 22.0 Å². The van der Waals surface area contributed by atoms with E-state index in [2.05, 4.69) is 22.8 Å². The number of likely N-dealkylation sites (N-methyl/N-ethyl adjacent to an activating group) is 1. The van der Waals surface area contributed by atoms with Gasteiger partial charge in [-0.05, 0) is 30.8 Å². The lowest BCUT2D eigenvalue weighted by Crippen LogP contribution is -2.27. The molecule has 0 fully saturated rings. The van der Waals surface area contributed by atoms with Crippen LogP contribution in [0.15, 0.2) is 64.4 Å². The fourth-order valence-corrected chi connectivity index (χ4v) is 2.63. The maximum absolute atomic E-state index is 11.8. The molecule has 1 amide bonds. The fourth-order valence-electron chi connectivity index (χ4n) is 1.71. The monoisotopic (exact) mass is 286 g/mol. The van der Waals surface area contributed by atoms with Crippen molar-refractivity contribution in [1.82, 2.24) is 5.32 Å². The summed E-state index contributed by atoms with van der Waals surface area (Å²) in [5.74, 6) is -0.0204. The Morgan fingerprint density at radius 2 is 1.75 bits per heavy atom. The lowest BCUT2D eigenvalue weighted by Gasteiger charge is -2.10. The quantitative estimate of drug-likeness (QED) is 0.855. The zero-order valence-corrected chi connectivity index (χ0v) is 12.2. The molecule has 0 atom stereocenters. The lowest BCUT2D eigenvalue weighted by molar-refractivity contribution is -0.115. The molecule has 0 aliphatic rings. The van der Waals surface area contributed by atoms with Crippen molar-refractivity contribution in [2.45, 2.75) is 16.7 Å². The molecule has 2 aromatic rings. The van der Waals surface area contributed by atoms with E-state index in [-0.39, 0.29) is 5.91 Å². The minimum atomic E-state index is -0.0204. The van der Waals surface area contributed by atoms with Crippen molar-refractivity contribution in [2.24, 2.45) is 0 Å². The third-order valence-corrected chi connectivity index (χ3v) is 3.75. The summed E-state index contributed by atoms with van der Waals surface area (Å²) in [6, 6.07) is 18.0. The first-order valence-electron chi connectivity index (χ1n) is 6.62. The molecule has 104 valence electrons. The Morgan fingerprint density at radius 3 is 2.50 bits per heavy atom. The molecule has 0 aliphatic carbocycles. The molecule has 4 heteroatoms. The van der Waals surface area contributed by atoms with Crippen LogP contribution in [0.25, 0.3) is 0 Å². The third-order valence-electron chi connectivity index (χ3n) is 2.67. The molecule has 0 bridgehead atoms. The van der Waals surface area contributed by atoms with E-state index in [1.807, 2.05) is 49.4 Å². The Labute approximate surface area is 123 Å². The van der Waals surface area contributed by atoms with E-state index in [0.29, 0.717) is 6.54 Å². The Morgan fingerprint density at radius 1 is 1.05 bits per heavy atom. The van der Waals surface area contributed by atoms with Crippen LogP contribution >= 0.6 is 11.8 Å². The van der Waals surface area contributed by atoms with Gasteiger partial charge in [0.15, 0.2) is 0 Å². The molecule has 0 aromatic heterocycles. The highest BCUT2D eigenvalue weighted by molar-refractivity contribution is 7.99. The lowest BCUT2D eigenvalue weighted by atomic mass is 10.3. The number of anilines is 1. The summed E-state index contributed by atoms with van der Waals surface area (Å²) in [6.45, 7) is 3.10. The maximum Gasteiger partial charge on any atom is 0.238 e. The van der Waals surface area contributed by atoms with Crippen LogP contribution in [0.3, 0.4) is 0 Å². The molecule has 0 aliphatic heterocycles. The minimum Gasteiger partial charge on any atom is -0.324 e. The molecule has 0 unspecified atom stereocenters. The molecule has 0 spiro atoms. The van der Waals surface area contributed by atoms with Crippen molar-refractivity contribution >= 4 is 23.4 Å². The van der Waals surface area contributed by atoms with E-state index in [1.54, 1.807) is 11.8 Å². The SMILES string of the molecule is CCNCC(=O)Nc1ccccc1Sc1ccccc1. The largest absolute Gasteiger partial charge is 0.324 e. The highest BCUT2D eigenvalue weighted by Gasteiger charge is 2.07. The molecule has 2 N–H and O–H groups in total. The Balaban J connectivity index is 2.08. The van der Waals surface area contributed by atoms with Gasteiger partial charge < -0.3 is 10.6 Å². The van der Waals surface area contributed by atoms with Gasteiger partial charge in [0.25, 0.3) is 0 Å². The van der Waals surface area contributed by atoms with Crippen molar-refractivity contribution in [3.63, 3.8) is 0 Å². The van der Waals surface area contributed by atoms with Gasteiger partial charge in [-0.2, -0.15) is 0 Å². The molecular weight excluding hydrogens is 268 g/mol. The molecule has 2 rings (SSSR count). The van der Waals surface area contributed by atoms with Gasteiger partial charge in [0, 0.05) is 9.79 Å². The van der Waals surface area contributed by atoms with Gasteiger partial charge in [0.05, 0.1) is 12.2 Å². The average Bonchev–Trinajstić information content (AvgIpc) is 2.48. The third kappa shape index (κ3) is 4.40. The number of amides is 1. The van der Waals surface area contributed by atoms with Crippen molar-refractivity contribution < 1.29 is 4.79 Å². The van der Waals surface area contributed by atoms with Gasteiger partial charge in [0.1, 0.15) is 0 Å². The number of hydrogen-bond donors (Lipinski definition) is 2. The summed E-state index contributed by atoms with van der Waals surface area (Å²) < 4.78 is 0. The number of para-hydroxylation sites is 1. The van der Waals surface area contributed by atoms with Crippen LogP contribution in [-0.2, 0) is 4.79 Å². The fraction of sp³-hybridized carbons (Fsp3) is 0.188. The molecule has 0 radical (unpaired) electrons. The van der Waals surface area contributed by atoms with Crippen LogP contribution in [0.1, 0.15) is 6.92 Å². The summed E-state index contributed by atoms with van der Waals surface area (Å²) in [7, 11) is 0. The summed E-state index contributed by atoms with van der Waals surface area (Å²) in [4.78, 5) is 14.0. The zero-order valence-electron chi connectivity index (χ0n) is 11.4. The van der Waals surface area contributed by atoms with Gasteiger partial charge >= 0.3 is 0 Å². The van der Waals surface area contributed by atoms with E-state index < -0.39 is 0 Å². The smallest absolute Gasteiger partial charge is 0.238 e. The standard InChI is InChI=1S/C16H18N2OS/c1-2-17-12-16(19)18-14-10-6-7-11-15(14)20-13-8-4-3-5-9-13/h3-11,17H,2,12H2,1H3,(H,18,19). The Kier molecular flexibility index (Phi) is 5.65. The molecule has 0 saturated carbocycles. The predicted octanol–water partition coefficient (Wildman–Crippen LogP) is 3.39. The van der Waals surface area contributed by atoms with Gasteiger partial charge in [-0.15, -0.1) is 0 Å². The second kappa shape index (κ2) is 7.72. The minimum absolute atomic E-state index is 0.0204. The van der Waals surface area contributed by atoms with Crippen LogP contribution in [-0.4, -0.2) is 19.0 Å². The van der Waals surface area contributed by atoms with E-state index >= 15 is 0 Å². The van der Waals surface area contributed by atoms with Crippen molar-refractivity contribution in [3.05, 3.63) is 54.6 Å². The van der Waals surface area contributed by atoms with Crippen LogP contribution in [0.5, 0.6) is 0 Å². The van der Waals surface area contributed by atoms with Gasteiger partial charge in [0.2, 0.25) is 5.91 Å². The number of benzene rings is 2. The number of carbonyl (C=O) groups excluding carboxylic acids is 1. The molecular formula is C16H18N2OS. The van der Waals surface area contributed by atoms with E-state index in [1.165, 1.54) is 0 Å². The summed E-state index contributed by atoms with van der Waals surface area (Å²) >= 11 is 1.64. The highest BCUT2D eigenvalue weighted by atomic mass is 32.2. The zero-order chi connectivity index (χ0) is 14.2. The summed E-state index contributed by atoms with van der Waals surface area (Å²) in [5, 5.41) is 5.96. The molecule has 0 heterocycles. The van der Waals surface area contributed by atoms with Gasteiger partial charge in [-0.1, -0.05) is 49.0 Å². The van der Waals surface area contributed by atoms with Gasteiger partial charge in [-0.3, -0.25) is 4.79 Å². The number of rotatable bonds is 6. The second-order valence-corrected chi connectivity index (χ2v) is 5.36. The van der Waals surface area contributed by atoms with Crippen molar-refractivity contribution in [2.75, 3.05) is 18.4 Å². The number of carbonyl (C=O) groups is 1. The van der Waals surface area contributed by atoms with E-state index in [4.69, 9.17) is 0 Å². The van der Waals surface area contributed by atoms with Crippen LogP contribution in [0.2, 0.25) is 0 Å². The predicted molar refractivity (Wildman–Crippen MR) is 84.2 cm³/mol. The average molecular weight is 286 g/mol. The molecule has 20 heavy (non-hydrogen) atoms. The van der Waals surface area contributed by atoms with Gasteiger partial charge in [-0.25, -0.2) is 0 Å². The normalized spacial score (nSPS) is 10.2. The van der Waals surface area contributed by atoms with Crippen LogP contribution < -0.4 is 10.6 Å². The number of nitrogens with one attached hydrogen (secondary N) is 2. The molecule has 0 saturated heterocycles. The highest BCUT2D eigenvalue weighted by Crippen LogP contribution is 2.32. The van der Waals surface area contributed by atoms with Crippen LogP contribution in [0, 0.1) is 0 Å².